The Labute approximate surface area is 118 Å². The molecule has 0 aliphatic heterocycles. The average molecular weight is 271 g/mol. The molecule has 0 amide bonds. The highest BCUT2D eigenvalue weighted by molar-refractivity contribution is 6.13. The minimum atomic E-state index is 0.260. The fraction of sp³-hybridized carbons (Fsp3) is 0.188. The van der Waals surface area contributed by atoms with E-state index in [0.29, 0.717) is 5.71 Å². The van der Waals surface area contributed by atoms with Gasteiger partial charge in [0.1, 0.15) is 24.3 Å². The molecule has 4 heteroatoms. The number of aromatic hydroxyl groups is 1. The van der Waals surface area contributed by atoms with Crippen LogP contribution in [0.1, 0.15) is 16.7 Å². The standard InChI is InChI=1S/C16H17NO3/c1-11-9-13(7-8-15(11)18)16(17-20-3)12-5-4-6-14(10-12)19-2/h4-10,18H,1-3H3. The van der Waals surface area contributed by atoms with Crippen LogP contribution in [-0.2, 0) is 4.84 Å². The van der Waals surface area contributed by atoms with Gasteiger partial charge in [-0.1, -0.05) is 17.3 Å². The van der Waals surface area contributed by atoms with E-state index in [4.69, 9.17) is 9.57 Å². The van der Waals surface area contributed by atoms with E-state index in [0.717, 1.165) is 22.4 Å². The number of benzene rings is 2. The molecule has 2 aromatic rings. The zero-order chi connectivity index (χ0) is 14.5. The molecule has 0 atom stereocenters. The highest BCUT2D eigenvalue weighted by Crippen LogP contribution is 2.21. The number of aryl methyl sites for hydroxylation is 1. The molecule has 104 valence electrons. The highest BCUT2D eigenvalue weighted by atomic mass is 16.6. The van der Waals surface area contributed by atoms with Crippen molar-refractivity contribution >= 4 is 5.71 Å². The third-order valence-electron chi connectivity index (χ3n) is 3.00. The van der Waals surface area contributed by atoms with Crippen LogP contribution in [0.25, 0.3) is 0 Å². The number of phenolic OH excluding ortho intramolecular Hbond substituents is 1. The summed E-state index contributed by atoms with van der Waals surface area (Å²) in [6, 6.07) is 12.9. The molecular weight excluding hydrogens is 254 g/mol. The summed E-state index contributed by atoms with van der Waals surface area (Å²) < 4.78 is 5.23. The molecule has 0 aliphatic rings. The molecule has 2 rings (SSSR count). The minimum absolute atomic E-state index is 0.260. The molecule has 0 radical (unpaired) electrons. The average Bonchev–Trinajstić information content (AvgIpc) is 2.48. The number of methoxy groups -OCH3 is 1. The highest BCUT2D eigenvalue weighted by Gasteiger charge is 2.10. The van der Waals surface area contributed by atoms with Crippen molar-refractivity contribution in [1.82, 2.24) is 0 Å². The summed E-state index contributed by atoms with van der Waals surface area (Å²) in [7, 11) is 3.13. The smallest absolute Gasteiger partial charge is 0.119 e. The second kappa shape index (κ2) is 6.10. The van der Waals surface area contributed by atoms with Crippen molar-refractivity contribution in [3.63, 3.8) is 0 Å². The Morgan fingerprint density at radius 2 is 1.80 bits per heavy atom. The number of ether oxygens (including phenoxy) is 1. The first-order chi connectivity index (χ1) is 9.65. The van der Waals surface area contributed by atoms with Gasteiger partial charge in [-0.15, -0.1) is 0 Å². The van der Waals surface area contributed by atoms with Gasteiger partial charge in [0.15, 0.2) is 0 Å². The van der Waals surface area contributed by atoms with Gasteiger partial charge in [-0.25, -0.2) is 0 Å². The fourth-order valence-corrected chi connectivity index (χ4v) is 1.94. The van der Waals surface area contributed by atoms with Crippen molar-refractivity contribution in [2.24, 2.45) is 5.16 Å². The predicted octanol–water partition coefficient (Wildman–Crippen LogP) is 3.11. The number of nitrogens with zero attached hydrogens (tertiary/aromatic N) is 1. The van der Waals surface area contributed by atoms with Crippen molar-refractivity contribution < 1.29 is 14.7 Å². The second-order valence-electron chi connectivity index (χ2n) is 4.36. The molecule has 0 spiro atoms. The first-order valence-corrected chi connectivity index (χ1v) is 6.21. The molecule has 20 heavy (non-hydrogen) atoms. The first kappa shape index (κ1) is 13.9. The van der Waals surface area contributed by atoms with Gasteiger partial charge in [0.05, 0.1) is 7.11 Å². The quantitative estimate of drug-likeness (QED) is 0.686. The van der Waals surface area contributed by atoms with Crippen molar-refractivity contribution in [3.05, 3.63) is 59.2 Å². The molecule has 0 unspecified atom stereocenters. The van der Waals surface area contributed by atoms with Crippen LogP contribution in [0.3, 0.4) is 0 Å². The summed E-state index contributed by atoms with van der Waals surface area (Å²) in [5.41, 5.74) is 3.23. The van der Waals surface area contributed by atoms with Crippen LogP contribution in [0, 0.1) is 6.92 Å². The lowest BCUT2D eigenvalue weighted by molar-refractivity contribution is 0.214. The third-order valence-corrected chi connectivity index (χ3v) is 3.00. The maximum Gasteiger partial charge on any atom is 0.119 e. The number of phenols is 1. The lowest BCUT2D eigenvalue weighted by Gasteiger charge is -2.09. The van der Waals surface area contributed by atoms with Gasteiger partial charge in [0.2, 0.25) is 0 Å². The normalized spacial score (nSPS) is 11.2. The molecule has 1 N–H and O–H groups in total. The maximum absolute atomic E-state index is 9.62. The Morgan fingerprint density at radius 1 is 1.05 bits per heavy atom. The van der Waals surface area contributed by atoms with Gasteiger partial charge in [0.25, 0.3) is 0 Å². The van der Waals surface area contributed by atoms with Crippen molar-refractivity contribution in [1.29, 1.82) is 0 Å². The minimum Gasteiger partial charge on any atom is -0.508 e. The summed E-state index contributed by atoms with van der Waals surface area (Å²) >= 11 is 0. The Hall–Kier alpha value is -2.49. The van der Waals surface area contributed by atoms with Crippen LogP contribution >= 0.6 is 0 Å². The number of hydrogen-bond acceptors (Lipinski definition) is 4. The lowest BCUT2D eigenvalue weighted by atomic mass is 10.0. The predicted molar refractivity (Wildman–Crippen MR) is 78.5 cm³/mol. The third kappa shape index (κ3) is 2.91. The molecule has 0 fully saturated rings. The van der Waals surface area contributed by atoms with E-state index >= 15 is 0 Å². The van der Waals surface area contributed by atoms with E-state index in [1.807, 2.05) is 37.3 Å². The lowest BCUT2D eigenvalue weighted by Crippen LogP contribution is -2.04. The van der Waals surface area contributed by atoms with Gasteiger partial charge in [-0.05, 0) is 42.8 Å². The largest absolute Gasteiger partial charge is 0.508 e. The van der Waals surface area contributed by atoms with E-state index in [-0.39, 0.29) is 5.75 Å². The first-order valence-electron chi connectivity index (χ1n) is 6.21. The topological polar surface area (TPSA) is 51.0 Å². The summed E-state index contributed by atoms with van der Waals surface area (Å²) in [6.45, 7) is 1.84. The van der Waals surface area contributed by atoms with Gasteiger partial charge in [-0.3, -0.25) is 0 Å². The Balaban J connectivity index is 2.50. The number of hydrogen-bond donors (Lipinski definition) is 1. The summed E-state index contributed by atoms with van der Waals surface area (Å²) in [6.07, 6.45) is 0. The summed E-state index contributed by atoms with van der Waals surface area (Å²) in [5.74, 6) is 1.01. The second-order valence-corrected chi connectivity index (χ2v) is 4.36. The molecular formula is C16H17NO3. The molecule has 0 saturated carbocycles. The zero-order valence-corrected chi connectivity index (χ0v) is 11.8. The SMILES string of the molecule is CON=C(c1cccc(OC)c1)c1ccc(O)c(C)c1. The van der Waals surface area contributed by atoms with Gasteiger partial charge in [0, 0.05) is 11.1 Å². The van der Waals surface area contributed by atoms with Gasteiger partial charge < -0.3 is 14.7 Å². The zero-order valence-electron chi connectivity index (χ0n) is 11.8. The van der Waals surface area contributed by atoms with E-state index in [9.17, 15) is 5.11 Å². The van der Waals surface area contributed by atoms with E-state index < -0.39 is 0 Å². The van der Waals surface area contributed by atoms with Crippen LogP contribution in [0.5, 0.6) is 11.5 Å². The van der Waals surface area contributed by atoms with Crippen molar-refractivity contribution in [2.45, 2.75) is 6.92 Å². The van der Waals surface area contributed by atoms with Crippen LogP contribution in [-0.4, -0.2) is 25.0 Å². The van der Waals surface area contributed by atoms with E-state index in [1.54, 1.807) is 19.2 Å². The summed E-state index contributed by atoms with van der Waals surface area (Å²) in [5, 5.41) is 13.7. The molecule has 0 bridgehead atoms. The van der Waals surface area contributed by atoms with Crippen LogP contribution in [0.2, 0.25) is 0 Å². The van der Waals surface area contributed by atoms with Gasteiger partial charge in [-0.2, -0.15) is 0 Å². The van der Waals surface area contributed by atoms with Crippen LogP contribution < -0.4 is 4.74 Å². The molecule has 0 aliphatic carbocycles. The molecule has 4 nitrogen and oxygen atoms in total. The number of rotatable bonds is 4. The Morgan fingerprint density at radius 3 is 2.45 bits per heavy atom. The summed E-state index contributed by atoms with van der Waals surface area (Å²) in [4.78, 5) is 4.94. The fourth-order valence-electron chi connectivity index (χ4n) is 1.94. The number of oxime groups is 1. The molecule has 2 aromatic carbocycles. The molecule has 0 saturated heterocycles. The van der Waals surface area contributed by atoms with Gasteiger partial charge >= 0.3 is 0 Å². The Kier molecular flexibility index (Phi) is 4.25. The van der Waals surface area contributed by atoms with Crippen LogP contribution in [0.4, 0.5) is 0 Å². The van der Waals surface area contributed by atoms with E-state index in [1.165, 1.54) is 7.11 Å². The molecule has 0 heterocycles. The maximum atomic E-state index is 9.62. The van der Waals surface area contributed by atoms with E-state index in [2.05, 4.69) is 5.16 Å². The monoisotopic (exact) mass is 271 g/mol. The molecule has 0 aromatic heterocycles. The van der Waals surface area contributed by atoms with Crippen molar-refractivity contribution in [3.8, 4) is 11.5 Å². The Bertz CT molecular complexity index is 635. The van der Waals surface area contributed by atoms with Crippen molar-refractivity contribution in [2.75, 3.05) is 14.2 Å². The van der Waals surface area contributed by atoms with Crippen LogP contribution in [0.15, 0.2) is 47.6 Å².